The molecule has 4 rings (SSSR count). The van der Waals surface area contributed by atoms with Crippen molar-refractivity contribution in [1.29, 1.82) is 0 Å². The van der Waals surface area contributed by atoms with E-state index in [1.165, 1.54) is 38.5 Å². The van der Waals surface area contributed by atoms with Gasteiger partial charge in [-0.3, -0.25) is 0 Å². The number of rotatable bonds is 6. The minimum atomic E-state index is 0.739. The van der Waals surface area contributed by atoms with E-state index in [1.54, 1.807) is 7.11 Å². The van der Waals surface area contributed by atoms with E-state index < -0.39 is 0 Å². The SMILES string of the molecule is COc1ccc(-c2[nH]c3c(ccc4ccccc43)c2CCCCN)cc1. The second kappa shape index (κ2) is 7.22. The third-order valence-electron chi connectivity index (χ3n) is 5.07. The maximum atomic E-state index is 5.71. The van der Waals surface area contributed by atoms with Gasteiger partial charge in [-0.1, -0.05) is 36.4 Å². The highest BCUT2D eigenvalue weighted by atomic mass is 16.5. The van der Waals surface area contributed by atoms with Crippen LogP contribution in [0.2, 0.25) is 0 Å². The number of ether oxygens (including phenoxy) is 1. The Labute approximate surface area is 153 Å². The first-order chi connectivity index (χ1) is 12.8. The third kappa shape index (κ3) is 2.95. The first kappa shape index (κ1) is 16.7. The molecule has 0 amide bonds. The first-order valence-electron chi connectivity index (χ1n) is 9.18. The summed E-state index contributed by atoms with van der Waals surface area (Å²) in [5.74, 6) is 0.875. The quantitative estimate of drug-likeness (QED) is 0.468. The van der Waals surface area contributed by atoms with E-state index in [4.69, 9.17) is 10.5 Å². The van der Waals surface area contributed by atoms with Crippen LogP contribution in [0.5, 0.6) is 5.75 Å². The van der Waals surface area contributed by atoms with Crippen LogP contribution in [0.3, 0.4) is 0 Å². The van der Waals surface area contributed by atoms with Gasteiger partial charge < -0.3 is 15.5 Å². The molecule has 4 aromatic rings. The van der Waals surface area contributed by atoms with Crippen LogP contribution >= 0.6 is 0 Å². The van der Waals surface area contributed by atoms with Gasteiger partial charge in [0.25, 0.3) is 0 Å². The van der Waals surface area contributed by atoms with Crippen molar-refractivity contribution < 1.29 is 4.74 Å². The summed E-state index contributed by atoms with van der Waals surface area (Å²) in [4.78, 5) is 3.72. The molecular formula is C23H24N2O. The Bertz CT molecular complexity index is 1030. The standard InChI is InChI=1S/C23H24N2O/c1-26-18-12-9-17(10-13-18)22-20(8-4-5-15-24)21-14-11-16-6-2-3-7-19(16)23(21)25-22/h2-3,6-7,9-14,25H,4-5,8,15,24H2,1H3. The molecule has 0 spiro atoms. The number of hydrogen-bond acceptors (Lipinski definition) is 2. The molecule has 0 aliphatic rings. The number of nitrogens with one attached hydrogen (secondary N) is 1. The van der Waals surface area contributed by atoms with Crippen LogP contribution in [0.15, 0.2) is 60.7 Å². The maximum absolute atomic E-state index is 5.71. The van der Waals surface area contributed by atoms with Crippen molar-refractivity contribution in [3.63, 3.8) is 0 Å². The lowest BCUT2D eigenvalue weighted by molar-refractivity contribution is 0.415. The fourth-order valence-electron chi connectivity index (χ4n) is 3.70. The molecule has 1 aromatic heterocycles. The topological polar surface area (TPSA) is 51.0 Å². The van der Waals surface area contributed by atoms with Crippen molar-refractivity contribution in [1.82, 2.24) is 4.98 Å². The predicted molar refractivity (Wildman–Crippen MR) is 110 cm³/mol. The fourth-order valence-corrected chi connectivity index (χ4v) is 3.70. The summed E-state index contributed by atoms with van der Waals surface area (Å²) in [6.07, 6.45) is 3.17. The Morgan fingerprint density at radius 1 is 0.885 bits per heavy atom. The normalized spacial score (nSPS) is 11.3. The molecule has 3 nitrogen and oxygen atoms in total. The number of hydrogen-bond donors (Lipinski definition) is 2. The Kier molecular flexibility index (Phi) is 4.63. The number of aryl methyl sites for hydroxylation is 1. The maximum Gasteiger partial charge on any atom is 0.118 e. The molecule has 132 valence electrons. The Balaban J connectivity index is 1.90. The number of aromatic amines is 1. The molecule has 3 aromatic carbocycles. The third-order valence-corrected chi connectivity index (χ3v) is 5.07. The van der Waals surface area contributed by atoms with E-state index >= 15 is 0 Å². The summed E-state index contributed by atoms with van der Waals surface area (Å²) in [6.45, 7) is 0.739. The van der Waals surface area contributed by atoms with E-state index in [0.29, 0.717) is 0 Å². The van der Waals surface area contributed by atoms with E-state index in [2.05, 4.69) is 53.5 Å². The molecular weight excluding hydrogens is 320 g/mol. The minimum absolute atomic E-state index is 0.739. The Morgan fingerprint density at radius 2 is 1.69 bits per heavy atom. The molecule has 0 aliphatic heterocycles. The van der Waals surface area contributed by atoms with Crippen LogP contribution in [0.1, 0.15) is 18.4 Å². The lowest BCUT2D eigenvalue weighted by Gasteiger charge is -2.06. The van der Waals surface area contributed by atoms with Gasteiger partial charge in [-0.05, 0) is 66.6 Å². The molecule has 0 radical (unpaired) electrons. The van der Waals surface area contributed by atoms with Crippen LogP contribution in [0.25, 0.3) is 32.9 Å². The Hall–Kier alpha value is -2.78. The van der Waals surface area contributed by atoms with Crippen LogP contribution in [0.4, 0.5) is 0 Å². The number of methoxy groups -OCH3 is 1. The molecule has 0 aliphatic carbocycles. The monoisotopic (exact) mass is 344 g/mol. The lowest BCUT2D eigenvalue weighted by Crippen LogP contribution is -1.99. The number of H-pyrrole nitrogens is 1. The number of aromatic nitrogens is 1. The van der Waals surface area contributed by atoms with Gasteiger partial charge in [0.05, 0.1) is 12.6 Å². The van der Waals surface area contributed by atoms with E-state index in [-0.39, 0.29) is 0 Å². The first-order valence-corrected chi connectivity index (χ1v) is 9.18. The summed E-state index contributed by atoms with van der Waals surface area (Å²) in [5.41, 5.74) is 10.7. The van der Waals surface area contributed by atoms with Crippen molar-refractivity contribution in [3.05, 3.63) is 66.2 Å². The molecule has 0 saturated heterocycles. The van der Waals surface area contributed by atoms with Crippen LogP contribution < -0.4 is 10.5 Å². The number of fused-ring (bicyclic) bond motifs is 3. The van der Waals surface area contributed by atoms with E-state index in [9.17, 15) is 0 Å². The molecule has 3 heteroatoms. The second-order valence-electron chi connectivity index (χ2n) is 6.66. The number of nitrogens with two attached hydrogens (primary N) is 1. The zero-order valence-electron chi connectivity index (χ0n) is 15.1. The zero-order chi connectivity index (χ0) is 17.9. The second-order valence-corrected chi connectivity index (χ2v) is 6.66. The highest BCUT2D eigenvalue weighted by Crippen LogP contribution is 2.35. The Morgan fingerprint density at radius 3 is 2.46 bits per heavy atom. The van der Waals surface area contributed by atoms with Gasteiger partial charge in [0, 0.05) is 16.5 Å². The average Bonchev–Trinajstić information content (AvgIpc) is 3.07. The highest BCUT2D eigenvalue weighted by Gasteiger charge is 2.15. The van der Waals surface area contributed by atoms with Gasteiger partial charge in [-0.15, -0.1) is 0 Å². The summed E-state index contributed by atoms with van der Waals surface area (Å²) in [7, 11) is 1.70. The van der Waals surface area contributed by atoms with Gasteiger partial charge in [0.15, 0.2) is 0 Å². The van der Waals surface area contributed by atoms with Crippen molar-refractivity contribution in [2.45, 2.75) is 19.3 Å². The molecule has 0 bridgehead atoms. The molecule has 1 heterocycles. The smallest absolute Gasteiger partial charge is 0.118 e. The average molecular weight is 344 g/mol. The highest BCUT2D eigenvalue weighted by molar-refractivity contribution is 6.08. The number of benzene rings is 3. The summed E-state index contributed by atoms with van der Waals surface area (Å²) >= 11 is 0. The summed E-state index contributed by atoms with van der Waals surface area (Å²) in [5, 5.41) is 3.84. The molecule has 0 saturated carbocycles. The van der Waals surface area contributed by atoms with Crippen LogP contribution in [0, 0.1) is 0 Å². The van der Waals surface area contributed by atoms with Crippen molar-refractivity contribution in [2.75, 3.05) is 13.7 Å². The molecule has 0 atom stereocenters. The lowest BCUT2D eigenvalue weighted by atomic mass is 9.99. The molecule has 0 unspecified atom stereocenters. The van der Waals surface area contributed by atoms with Crippen molar-refractivity contribution >= 4 is 21.7 Å². The molecule has 26 heavy (non-hydrogen) atoms. The fraction of sp³-hybridized carbons (Fsp3) is 0.217. The number of unbranched alkanes of at least 4 members (excludes halogenated alkanes) is 1. The van der Waals surface area contributed by atoms with Gasteiger partial charge in [-0.2, -0.15) is 0 Å². The molecule has 0 fully saturated rings. The van der Waals surface area contributed by atoms with Gasteiger partial charge in [0.1, 0.15) is 5.75 Å². The van der Waals surface area contributed by atoms with Crippen LogP contribution in [-0.4, -0.2) is 18.6 Å². The van der Waals surface area contributed by atoms with E-state index in [1.807, 2.05) is 12.1 Å². The zero-order valence-corrected chi connectivity index (χ0v) is 15.1. The molecule has 3 N–H and O–H groups in total. The van der Waals surface area contributed by atoms with Crippen LogP contribution in [-0.2, 0) is 6.42 Å². The predicted octanol–water partition coefficient (Wildman–Crippen LogP) is 5.28. The largest absolute Gasteiger partial charge is 0.497 e. The van der Waals surface area contributed by atoms with Gasteiger partial charge in [-0.25, -0.2) is 0 Å². The van der Waals surface area contributed by atoms with E-state index in [0.717, 1.165) is 31.6 Å². The summed E-state index contributed by atoms with van der Waals surface area (Å²) in [6, 6.07) is 21.3. The van der Waals surface area contributed by atoms with Gasteiger partial charge in [0.2, 0.25) is 0 Å². The summed E-state index contributed by atoms with van der Waals surface area (Å²) < 4.78 is 5.31. The van der Waals surface area contributed by atoms with Gasteiger partial charge >= 0.3 is 0 Å². The van der Waals surface area contributed by atoms with Crippen molar-refractivity contribution in [3.8, 4) is 17.0 Å². The minimum Gasteiger partial charge on any atom is -0.497 e. The van der Waals surface area contributed by atoms with Crippen molar-refractivity contribution in [2.24, 2.45) is 5.73 Å².